The highest BCUT2D eigenvalue weighted by molar-refractivity contribution is 6.33. The molecule has 0 saturated heterocycles. The van der Waals surface area contributed by atoms with E-state index in [9.17, 15) is 22.0 Å². The first kappa shape index (κ1) is 14.6. The van der Waals surface area contributed by atoms with Crippen LogP contribution in [0.5, 0.6) is 0 Å². The Kier molecular flexibility index (Phi) is 4.13. The highest BCUT2D eigenvalue weighted by atomic mass is 35.5. The monoisotopic (exact) mass is 307 g/mol. The van der Waals surface area contributed by atoms with Crippen LogP contribution in [0.1, 0.15) is 5.56 Å². The van der Waals surface area contributed by atoms with Crippen molar-refractivity contribution in [1.82, 2.24) is 0 Å². The van der Waals surface area contributed by atoms with Gasteiger partial charge in [0.1, 0.15) is 5.82 Å². The summed E-state index contributed by atoms with van der Waals surface area (Å²) >= 11 is 5.64. The van der Waals surface area contributed by atoms with E-state index in [1.807, 2.05) is 0 Å². The van der Waals surface area contributed by atoms with E-state index in [1.54, 1.807) is 0 Å². The van der Waals surface area contributed by atoms with Gasteiger partial charge in [-0.15, -0.1) is 0 Å². The third-order valence-corrected chi connectivity index (χ3v) is 2.82. The largest absolute Gasteiger partial charge is 0.377 e. The van der Waals surface area contributed by atoms with Crippen LogP contribution >= 0.6 is 11.6 Å². The molecule has 0 saturated carbocycles. The summed E-state index contributed by atoms with van der Waals surface area (Å²) in [5.74, 6) is -6.09. The van der Waals surface area contributed by atoms with E-state index in [0.717, 1.165) is 18.2 Å². The molecule has 0 atom stereocenters. The summed E-state index contributed by atoms with van der Waals surface area (Å²) in [6.07, 6.45) is 0. The second-order valence-electron chi connectivity index (χ2n) is 3.97. The Bertz CT molecular complexity index is 613. The van der Waals surface area contributed by atoms with Crippen molar-refractivity contribution in [2.45, 2.75) is 6.54 Å². The molecule has 2 aromatic carbocycles. The third kappa shape index (κ3) is 3.01. The molecule has 0 aromatic heterocycles. The zero-order valence-corrected chi connectivity index (χ0v) is 10.5. The van der Waals surface area contributed by atoms with E-state index in [2.05, 4.69) is 5.32 Å². The smallest absolute Gasteiger partial charge is 0.194 e. The number of hydrogen-bond acceptors (Lipinski definition) is 1. The highest BCUT2D eigenvalue weighted by Crippen LogP contribution is 2.27. The maximum Gasteiger partial charge on any atom is 0.194 e. The highest BCUT2D eigenvalue weighted by Gasteiger charge is 2.13. The minimum atomic E-state index is -1.58. The van der Waals surface area contributed by atoms with Crippen molar-refractivity contribution in [2.75, 3.05) is 5.32 Å². The van der Waals surface area contributed by atoms with Crippen LogP contribution in [0.2, 0.25) is 5.02 Å². The quantitative estimate of drug-likeness (QED) is 0.643. The van der Waals surface area contributed by atoms with Crippen molar-refractivity contribution >= 4 is 17.3 Å². The number of anilines is 1. The maximum absolute atomic E-state index is 13.4. The van der Waals surface area contributed by atoms with Gasteiger partial charge in [-0.2, -0.15) is 0 Å². The first-order valence-electron chi connectivity index (χ1n) is 5.40. The molecule has 0 aliphatic rings. The zero-order chi connectivity index (χ0) is 14.9. The molecule has 0 fully saturated rings. The molecular formula is C13H7ClF5N. The lowest BCUT2D eigenvalue weighted by Gasteiger charge is -2.10. The molecule has 2 rings (SSSR count). The van der Waals surface area contributed by atoms with Gasteiger partial charge in [0.2, 0.25) is 0 Å². The summed E-state index contributed by atoms with van der Waals surface area (Å²) in [6.45, 7) is -0.212. The van der Waals surface area contributed by atoms with Crippen LogP contribution in [0.15, 0.2) is 24.3 Å². The Morgan fingerprint density at radius 2 is 1.45 bits per heavy atom. The van der Waals surface area contributed by atoms with Crippen LogP contribution in [-0.2, 0) is 6.54 Å². The van der Waals surface area contributed by atoms with Crippen LogP contribution < -0.4 is 5.32 Å². The summed E-state index contributed by atoms with van der Waals surface area (Å²) in [5.41, 5.74) is -0.167. The van der Waals surface area contributed by atoms with Gasteiger partial charge in [0.15, 0.2) is 23.3 Å². The van der Waals surface area contributed by atoms with E-state index in [1.165, 1.54) is 0 Å². The molecule has 0 radical (unpaired) electrons. The fraction of sp³-hybridized carbons (Fsp3) is 0.0769. The molecule has 0 amide bonds. The lowest BCUT2D eigenvalue weighted by atomic mass is 10.2. The minimum Gasteiger partial charge on any atom is -0.377 e. The predicted octanol–water partition coefficient (Wildman–Crippen LogP) is 4.65. The van der Waals surface area contributed by atoms with Gasteiger partial charge in [-0.05, 0) is 23.8 Å². The Morgan fingerprint density at radius 3 is 2.00 bits per heavy atom. The van der Waals surface area contributed by atoms with Gasteiger partial charge >= 0.3 is 0 Å². The van der Waals surface area contributed by atoms with Crippen LogP contribution in [0.4, 0.5) is 27.6 Å². The average Bonchev–Trinajstić information content (AvgIpc) is 2.34. The molecule has 0 aliphatic carbocycles. The molecule has 2 aromatic rings. The van der Waals surface area contributed by atoms with Gasteiger partial charge in [-0.1, -0.05) is 11.6 Å². The van der Waals surface area contributed by atoms with Crippen LogP contribution in [0.3, 0.4) is 0 Å². The van der Waals surface area contributed by atoms with Gasteiger partial charge in [-0.3, -0.25) is 0 Å². The summed E-state index contributed by atoms with van der Waals surface area (Å²) in [4.78, 5) is 0. The standard InChI is InChI=1S/C13H7ClF5N/c14-8-3-7(15)4-11(18)13(8)20-5-6-1-9(16)12(19)10(17)2-6/h1-4,20H,5H2. The van der Waals surface area contributed by atoms with Crippen molar-refractivity contribution < 1.29 is 22.0 Å². The fourth-order valence-electron chi connectivity index (χ4n) is 1.61. The van der Waals surface area contributed by atoms with Crippen LogP contribution in [0.25, 0.3) is 0 Å². The summed E-state index contributed by atoms with van der Waals surface area (Å²) in [7, 11) is 0. The summed E-state index contributed by atoms with van der Waals surface area (Å²) in [6, 6.07) is 3.03. The topological polar surface area (TPSA) is 12.0 Å². The molecule has 106 valence electrons. The Balaban J connectivity index is 2.21. The molecule has 0 aliphatic heterocycles. The summed E-state index contributed by atoms with van der Waals surface area (Å²) < 4.78 is 65.0. The lowest BCUT2D eigenvalue weighted by molar-refractivity contribution is 0.445. The van der Waals surface area contributed by atoms with Crippen molar-refractivity contribution in [2.24, 2.45) is 0 Å². The van der Waals surface area contributed by atoms with Crippen LogP contribution in [0, 0.1) is 29.1 Å². The predicted molar refractivity (Wildman–Crippen MR) is 65.0 cm³/mol. The van der Waals surface area contributed by atoms with E-state index < -0.39 is 29.1 Å². The van der Waals surface area contributed by atoms with Gasteiger partial charge < -0.3 is 5.32 Å². The molecule has 0 heterocycles. The average molecular weight is 308 g/mol. The molecule has 0 bridgehead atoms. The maximum atomic E-state index is 13.4. The van der Waals surface area contributed by atoms with Crippen molar-refractivity contribution in [3.05, 3.63) is 63.9 Å². The molecular weight excluding hydrogens is 301 g/mol. The van der Waals surface area contributed by atoms with E-state index in [-0.39, 0.29) is 22.8 Å². The zero-order valence-electron chi connectivity index (χ0n) is 9.78. The summed E-state index contributed by atoms with van der Waals surface area (Å²) in [5, 5.41) is 2.25. The molecule has 1 nitrogen and oxygen atoms in total. The second kappa shape index (κ2) is 5.66. The van der Waals surface area contributed by atoms with Gasteiger partial charge in [0, 0.05) is 12.6 Å². The number of benzene rings is 2. The normalized spacial score (nSPS) is 10.7. The van der Waals surface area contributed by atoms with Crippen LogP contribution in [-0.4, -0.2) is 0 Å². The molecule has 1 N–H and O–H groups in total. The Labute approximate surface area is 116 Å². The van der Waals surface area contributed by atoms with Gasteiger partial charge in [0.05, 0.1) is 10.7 Å². The van der Waals surface area contributed by atoms with E-state index >= 15 is 0 Å². The first-order valence-corrected chi connectivity index (χ1v) is 5.78. The SMILES string of the molecule is Fc1cc(F)c(NCc2cc(F)c(F)c(F)c2)c(Cl)c1. The van der Waals surface area contributed by atoms with E-state index in [4.69, 9.17) is 11.6 Å². The Morgan fingerprint density at radius 1 is 0.850 bits per heavy atom. The number of hydrogen-bond donors (Lipinski definition) is 1. The van der Waals surface area contributed by atoms with Gasteiger partial charge in [-0.25, -0.2) is 22.0 Å². The second-order valence-corrected chi connectivity index (χ2v) is 4.38. The Hall–Kier alpha value is -1.82. The number of rotatable bonds is 3. The number of halogens is 6. The first-order chi connectivity index (χ1) is 9.38. The fourth-order valence-corrected chi connectivity index (χ4v) is 1.87. The molecule has 7 heteroatoms. The lowest BCUT2D eigenvalue weighted by Crippen LogP contribution is -2.04. The van der Waals surface area contributed by atoms with Crippen molar-refractivity contribution in [1.29, 1.82) is 0 Å². The van der Waals surface area contributed by atoms with Crippen molar-refractivity contribution in [3.63, 3.8) is 0 Å². The molecule has 20 heavy (non-hydrogen) atoms. The molecule has 0 spiro atoms. The number of nitrogens with one attached hydrogen (secondary N) is 1. The molecule has 0 unspecified atom stereocenters. The van der Waals surface area contributed by atoms with Gasteiger partial charge in [0.25, 0.3) is 0 Å². The third-order valence-electron chi connectivity index (χ3n) is 2.52. The minimum absolute atomic E-state index is 0.0428. The van der Waals surface area contributed by atoms with E-state index in [0.29, 0.717) is 6.07 Å². The van der Waals surface area contributed by atoms with Crippen molar-refractivity contribution in [3.8, 4) is 0 Å².